The zero-order chi connectivity index (χ0) is 12.8. The Hall–Kier alpha value is -2.27. The number of rotatable bonds is 2. The number of para-hydroxylation sites is 1. The van der Waals surface area contributed by atoms with Gasteiger partial charge in [-0.25, -0.2) is 0 Å². The summed E-state index contributed by atoms with van der Waals surface area (Å²) in [5, 5.41) is 0. The van der Waals surface area contributed by atoms with Gasteiger partial charge in [-0.2, -0.15) is 4.91 Å². The molecule has 0 bridgehead atoms. The largest absolute Gasteiger partial charge is 0.429 e. The lowest BCUT2D eigenvalue weighted by Crippen LogP contribution is -1.85. The number of nitrogens with one attached hydrogen (secondary N) is 1. The van der Waals surface area contributed by atoms with Crippen LogP contribution in [-0.2, 0) is 4.79 Å². The summed E-state index contributed by atoms with van der Waals surface area (Å²) in [5.41, 5.74) is 4.50. The molecule has 2 rings (SSSR count). The van der Waals surface area contributed by atoms with Gasteiger partial charge < -0.3 is 4.74 Å². The predicted molar refractivity (Wildman–Crippen MR) is 70.7 cm³/mol. The van der Waals surface area contributed by atoms with Gasteiger partial charge in [0.15, 0.2) is 0 Å². The van der Waals surface area contributed by atoms with Crippen LogP contribution in [-0.4, -0.2) is 11.5 Å². The fraction of sp³-hybridized carbons (Fsp3) is 0. The van der Waals surface area contributed by atoms with Gasteiger partial charge in [-0.1, -0.05) is 29.9 Å². The first-order chi connectivity index (χ1) is 8.43. The molecule has 1 heterocycles. The number of carbonyl (C=O) groups excluding carboxylic acids is 1. The first-order valence-electron chi connectivity index (χ1n) is 4.64. The van der Waals surface area contributed by atoms with Crippen molar-refractivity contribution in [2.75, 3.05) is 0 Å². The van der Waals surface area contributed by atoms with Crippen molar-refractivity contribution >= 4 is 18.9 Å². The molecule has 0 atom stereocenters. The van der Waals surface area contributed by atoms with E-state index in [-0.39, 0.29) is 12.4 Å². The van der Waals surface area contributed by atoms with Gasteiger partial charge in [-0.15, -0.1) is 12.4 Å². The van der Waals surface area contributed by atoms with Crippen LogP contribution < -0.4 is 4.74 Å². The minimum atomic E-state index is 0. The summed E-state index contributed by atoms with van der Waals surface area (Å²) in [6.45, 7) is 0.412. The molecule has 96 valence electrons. The second-order valence-corrected chi connectivity index (χ2v) is 2.55. The molecule has 2 aromatic rings. The maximum Gasteiger partial charge on any atom is 0.298 e. The predicted octanol–water partition coefficient (Wildman–Crippen LogP) is 3.06. The van der Waals surface area contributed by atoms with E-state index in [1.165, 1.54) is 0 Å². The zero-order valence-electron chi connectivity index (χ0n) is 9.43. The second kappa shape index (κ2) is 14.7. The van der Waals surface area contributed by atoms with Gasteiger partial charge in [0.2, 0.25) is 0 Å². The van der Waals surface area contributed by atoms with Crippen molar-refractivity contribution in [2.24, 2.45) is 0 Å². The van der Waals surface area contributed by atoms with Crippen LogP contribution in [0.3, 0.4) is 0 Å². The first-order valence-corrected chi connectivity index (χ1v) is 4.64. The lowest BCUT2D eigenvalue weighted by molar-refractivity contribution is -0.120. The summed E-state index contributed by atoms with van der Waals surface area (Å²) in [6, 6.07) is 14.6. The van der Waals surface area contributed by atoms with Gasteiger partial charge in [-0.3, -0.25) is 9.78 Å². The lowest BCUT2D eigenvalue weighted by atomic mass is 10.3. The Balaban J connectivity index is 0. The van der Waals surface area contributed by atoms with Gasteiger partial charge in [0.05, 0.1) is 0 Å². The summed E-state index contributed by atoms with van der Waals surface area (Å²) < 4.78 is 4.53. The van der Waals surface area contributed by atoms with Crippen LogP contribution in [0.4, 0.5) is 0 Å². The topological polar surface area (TPSA) is 80.1 Å². The molecule has 0 amide bonds. The van der Waals surface area contributed by atoms with Gasteiger partial charge >= 0.3 is 0 Å². The van der Waals surface area contributed by atoms with Crippen molar-refractivity contribution in [3.05, 3.63) is 65.8 Å². The minimum Gasteiger partial charge on any atom is -0.429 e. The number of hydrogen-bond acceptors (Lipinski definition) is 5. The Labute approximate surface area is 111 Å². The highest BCUT2D eigenvalue weighted by Crippen LogP contribution is 2.05. The number of carbonyl (C=O) groups is 1. The summed E-state index contributed by atoms with van der Waals surface area (Å²) in [4.78, 5) is 21.0. The number of pyridine rings is 1. The third-order valence-electron chi connectivity index (χ3n) is 1.49. The molecular formula is C12H13ClN2O3. The average Bonchev–Trinajstić information content (AvgIpc) is 2.45. The monoisotopic (exact) mass is 268 g/mol. The SMILES string of the molecule is Cl.N=O.O=COc1ccccc1.c1ccncc1. The molecule has 1 aromatic carbocycles. The molecule has 0 saturated heterocycles. The van der Waals surface area contributed by atoms with E-state index in [2.05, 4.69) is 15.3 Å². The third kappa shape index (κ3) is 10.3. The Morgan fingerprint density at radius 3 is 1.78 bits per heavy atom. The highest BCUT2D eigenvalue weighted by molar-refractivity contribution is 5.85. The van der Waals surface area contributed by atoms with Crippen molar-refractivity contribution in [1.82, 2.24) is 4.98 Å². The summed E-state index contributed by atoms with van der Waals surface area (Å²) in [5.74, 6) is 0.576. The molecule has 0 unspecified atom stereocenters. The summed E-state index contributed by atoms with van der Waals surface area (Å²) in [6.07, 6.45) is 3.50. The fourth-order valence-electron chi connectivity index (χ4n) is 0.867. The van der Waals surface area contributed by atoms with Crippen LogP contribution in [0.15, 0.2) is 60.9 Å². The van der Waals surface area contributed by atoms with Crippen LogP contribution in [0.5, 0.6) is 5.75 Å². The highest BCUT2D eigenvalue weighted by Gasteiger charge is 1.84. The smallest absolute Gasteiger partial charge is 0.298 e. The van der Waals surface area contributed by atoms with Crippen LogP contribution in [0.2, 0.25) is 0 Å². The molecule has 0 aliphatic heterocycles. The number of benzene rings is 1. The van der Waals surface area contributed by atoms with Gasteiger partial charge in [0.25, 0.3) is 6.47 Å². The lowest BCUT2D eigenvalue weighted by Gasteiger charge is -1.92. The molecular weight excluding hydrogens is 256 g/mol. The van der Waals surface area contributed by atoms with E-state index in [0.29, 0.717) is 12.2 Å². The van der Waals surface area contributed by atoms with Crippen LogP contribution >= 0.6 is 12.4 Å². The number of ether oxygens (including phenoxy) is 1. The van der Waals surface area contributed by atoms with E-state index in [9.17, 15) is 4.79 Å². The molecule has 18 heavy (non-hydrogen) atoms. The zero-order valence-corrected chi connectivity index (χ0v) is 10.2. The Morgan fingerprint density at radius 2 is 1.44 bits per heavy atom. The van der Waals surface area contributed by atoms with E-state index in [4.69, 9.17) is 4.91 Å². The Morgan fingerprint density at radius 1 is 0.944 bits per heavy atom. The van der Waals surface area contributed by atoms with Crippen molar-refractivity contribution in [2.45, 2.75) is 0 Å². The molecule has 0 radical (unpaired) electrons. The van der Waals surface area contributed by atoms with E-state index < -0.39 is 0 Å². The molecule has 1 aromatic heterocycles. The molecule has 0 spiro atoms. The second-order valence-electron chi connectivity index (χ2n) is 2.55. The maximum atomic E-state index is 9.75. The summed E-state index contributed by atoms with van der Waals surface area (Å²) in [7, 11) is 0. The Bertz CT molecular complexity index is 360. The molecule has 0 saturated carbocycles. The van der Waals surface area contributed by atoms with Crippen LogP contribution in [0.25, 0.3) is 0 Å². The van der Waals surface area contributed by atoms with Crippen molar-refractivity contribution in [1.29, 1.82) is 5.59 Å². The average molecular weight is 269 g/mol. The van der Waals surface area contributed by atoms with Crippen molar-refractivity contribution < 1.29 is 9.53 Å². The van der Waals surface area contributed by atoms with Crippen molar-refractivity contribution in [3.8, 4) is 5.75 Å². The van der Waals surface area contributed by atoms with Crippen LogP contribution in [0.1, 0.15) is 0 Å². The standard InChI is InChI=1S/C7H6O2.C5H5N.ClH.HNO/c8-6-9-7-4-2-1-3-5-7;1-2-4-6-5-3-1;;1-2/h1-6H;1-5H;1H;1H. The molecule has 1 N–H and O–H groups in total. The van der Waals surface area contributed by atoms with Crippen LogP contribution in [0, 0.1) is 10.5 Å². The van der Waals surface area contributed by atoms with E-state index in [1.807, 2.05) is 24.3 Å². The quantitative estimate of drug-likeness (QED) is 0.670. The summed E-state index contributed by atoms with van der Waals surface area (Å²) >= 11 is 0. The molecule has 6 heteroatoms. The fourth-order valence-corrected chi connectivity index (χ4v) is 0.867. The number of halogens is 1. The number of nitrogens with zero attached hydrogens (tertiary/aromatic N) is 1. The maximum absolute atomic E-state index is 9.75. The highest BCUT2D eigenvalue weighted by atomic mass is 35.5. The number of aromatic nitrogens is 1. The third-order valence-corrected chi connectivity index (χ3v) is 1.49. The number of nitroso groups, excluding NO2 is 1. The molecule has 0 aliphatic rings. The van der Waals surface area contributed by atoms with E-state index in [0.717, 1.165) is 0 Å². The molecule has 5 nitrogen and oxygen atoms in total. The normalized spacial score (nSPS) is 7.11. The Kier molecular flexibility index (Phi) is 14.8. The van der Waals surface area contributed by atoms with Gasteiger partial charge in [0, 0.05) is 12.4 Å². The van der Waals surface area contributed by atoms with Gasteiger partial charge in [-0.05, 0) is 24.3 Å². The van der Waals surface area contributed by atoms with E-state index >= 15 is 0 Å². The van der Waals surface area contributed by atoms with Crippen molar-refractivity contribution in [3.63, 3.8) is 0 Å². The molecule has 0 aliphatic carbocycles. The number of hydrogen-bond donors (Lipinski definition) is 1. The van der Waals surface area contributed by atoms with E-state index in [1.54, 1.807) is 36.7 Å². The van der Waals surface area contributed by atoms with Gasteiger partial charge in [0.1, 0.15) is 5.75 Å². The minimum absolute atomic E-state index is 0. The molecule has 0 fully saturated rings. The first kappa shape index (κ1) is 18.1.